The van der Waals surface area contributed by atoms with Crippen LogP contribution in [0.1, 0.15) is 22.0 Å². The zero-order valence-electron chi connectivity index (χ0n) is 12.2. The Balaban J connectivity index is 1.64. The third kappa shape index (κ3) is 2.86. The second-order valence-corrected chi connectivity index (χ2v) is 5.18. The number of rotatable bonds is 2. The van der Waals surface area contributed by atoms with Gasteiger partial charge in [0.05, 0.1) is 0 Å². The highest BCUT2D eigenvalue weighted by Crippen LogP contribution is 2.14. The number of H-pyrrole nitrogens is 1. The molecule has 0 spiro atoms. The van der Waals surface area contributed by atoms with Gasteiger partial charge in [-0.2, -0.15) is 5.10 Å². The molecular formula is C14H18N6O. The van der Waals surface area contributed by atoms with Gasteiger partial charge in [-0.15, -0.1) is 0 Å². The van der Waals surface area contributed by atoms with E-state index in [0.29, 0.717) is 18.8 Å². The van der Waals surface area contributed by atoms with Gasteiger partial charge < -0.3 is 9.80 Å². The average molecular weight is 286 g/mol. The Morgan fingerprint density at radius 3 is 2.62 bits per heavy atom. The molecular weight excluding hydrogens is 268 g/mol. The first-order valence-electron chi connectivity index (χ1n) is 6.99. The number of hydrogen-bond donors (Lipinski definition) is 1. The van der Waals surface area contributed by atoms with E-state index in [0.717, 1.165) is 30.4 Å². The molecule has 0 bridgehead atoms. The number of carbonyl (C=O) groups excluding carboxylic acids is 1. The van der Waals surface area contributed by atoms with Crippen LogP contribution < -0.4 is 4.90 Å². The highest BCUT2D eigenvalue weighted by Gasteiger charge is 2.24. The van der Waals surface area contributed by atoms with Crippen molar-refractivity contribution in [3.63, 3.8) is 0 Å². The topological polar surface area (TPSA) is 78.0 Å². The van der Waals surface area contributed by atoms with Crippen LogP contribution in [0.5, 0.6) is 0 Å². The minimum atomic E-state index is -0.0159. The Morgan fingerprint density at radius 1 is 1.24 bits per heavy atom. The van der Waals surface area contributed by atoms with Gasteiger partial charge in [-0.05, 0) is 26.0 Å². The second kappa shape index (κ2) is 5.51. The molecule has 1 aliphatic rings. The van der Waals surface area contributed by atoms with Gasteiger partial charge in [0.15, 0.2) is 0 Å². The van der Waals surface area contributed by atoms with E-state index in [1.54, 1.807) is 12.3 Å². The molecule has 21 heavy (non-hydrogen) atoms. The maximum Gasteiger partial charge on any atom is 0.274 e. The SMILES string of the molecule is Cc1nccc(N2CCN(C(=O)c3cc(C)[nH]n3)CC2)n1. The molecule has 0 atom stereocenters. The van der Waals surface area contributed by atoms with Crippen molar-refractivity contribution in [1.29, 1.82) is 0 Å². The van der Waals surface area contributed by atoms with Crippen molar-refractivity contribution < 1.29 is 4.79 Å². The fraction of sp³-hybridized carbons (Fsp3) is 0.429. The van der Waals surface area contributed by atoms with Crippen molar-refractivity contribution in [2.75, 3.05) is 31.1 Å². The summed E-state index contributed by atoms with van der Waals surface area (Å²) in [5, 5.41) is 6.83. The van der Waals surface area contributed by atoms with Crippen LogP contribution in [0.25, 0.3) is 0 Å². The van der Waals surface area contributed by atoms with Crippen molar-refractivity contribution in [2.45, 2.75) is 13.8 Å². The summed E-state index contributed by atoms with van der Waals surface area (Å²) in [6.07, 6.45) is 1.77. The average Bonchev–Trinajstić information content (AvgIpc) is 2.93. The van der Waals surface area contributed by atoms with Crippen LogP contribution in [0.2, 0.25) is 0 Å². The summed E-state index contributed by atoms with van der Waals surface area (Å²) >= 11 is 0. The van der Waals surface area contributed by atoms with E-state index >= 15 is 0 Å². The van der Waals surface area contributed by atoms with Gasteiger partial charge in [0.25, 0.3) is 5.91 Å². The predicted molar refractivity (Wildman–Crippen MR) is 78.2 cm³/mol. The van der Waals surface area contributed by atoms with E-state index < -0.39 is 0 Å². The molecule has 1 fully saturated rings. The number of aromatic nitrogens is 4. The van der Waals surface area contributed by atoms with Gasteiger partial charge >= 0.3 is 0 Å². The Hall–Kier alpha value is -2.44. The van der Waals surface area contributed by atoms with E-state index in [4.69, 9.17) is 0 Å². The largest absolute Gasteiger partial charge is 0.353 e. The molecule has 0 saturated carbocycles. The fourth-order valence-electron chi connectivity index (χ4n) is 2.45. The van der Waals surface area contributed by atoms with Crippen LogP contribution in [0.3, 0.4) is 0 Å². The number of aryl methyl sites for hydroxylation is 2. The summed E-state index contributed by atoms with van der Waals surface area (Å²) in [5.74, 6) is 1.67. The normalized spacial score (nSPS) is 15.3. The summed E-state index contributed by atoms with van der Waals surface area (Å²) in [7, 11) is 0. The van der Waals surface area contributed by atoms with Gasteiger partial charge in [-0.25, -0.2) is 9.97 Å². The third-order valence-electron chi connectivity index (χ3n) is 3.58. The second-order valence-electron chi connectivity index (χ2n) is 5.18. The lowest BCUT2D eigenvalue weighted by Gasteiger charge is -2.35. The number of nitrogens with zero attached hydrogens (tertiary/aromatic N) is 5. The molecule has 2 aromatic rings. The highest BCUT2D eigenvalue weighted by molar-refractivity contribution is 5.92. The summed E-state index contributed by atoms with van der Waals surface area (Å²) in [6.45, 7) is 6.65. The number of amides is 1. The lowest BCUT2D eigenvalue weighted by molar-refractivity contribution is 0.0740. The quantitative estimate of drug-likeness (QED) is 0.882. The summed E-state index contributed by atoms with van der Waals surface area (Å²) in [6, 6.07) is 3.68. The molecule has 3 heterocycles. The molecule has 0 unspecified atom stereocenters. The lowest BCUT2D eigenvalue weighted by Crippen LogP contribution is -2.49. The third-order valence-corrected chi connectivity index (χ3v) is 3.58. The summed E-state index contributed by atoms with van der Waals surface area (Å²) in [4.78, 5) is 24.8. The zero-order chi connectivity index (χ0) is 14.8. The van der Waals surface area contributed by atoms with Gasteiger partial charge in [0.2, 0.25) is 0 Å². The molecule has 1 amide bonds. The molecule has 0 radical (unpaired) electrons. The maximum absolute atomic E-state index is 12.3. The Morgan fingerprint density at radius 2 is 2.00 bits per heavy atom. The van der Waals surface area contributed by atoms with Crippen LogP contribution in [0.15, 0.2) is 18.3 Å². The number of piperazine rings is 1. The number of aromatic amines is 1. The van der Waals surface area contributed by atoms with Gasteiger partial charge in [0, 0.05) is 38.1 Å². The molecule has 110 valence electrons. The molecule has 1 N–H and O–H groups in total. The minimum absolute atomic E-state index is 0.0159. The first-order chi connectivity index (χ1) is 10.1. The predicted octanol–water partition coefficient (Wildman–Crippen LogP) is 0.779. The monoisotopic (exact) mass is 286 g/mol. The van der Waals surface area contributed by atoms with Crippen molar-refractivity contribution >= 4 is 11.7 Å². The van der Waals surface area contributed by atoms with Gasteiger partial charge in [-0.1, -0.05) is 0 Å². The molecule has 7 nitrogen and oxygen atoms in total. The minimum Gasteiger partial charge on any atom is -0.353 e. The van der Waals surface area contributed by atoms with E-state index in [9.17, 15) is 4.79 Å². The zero-order valence-corrected chi connectivity index (χ0v) is 12.2. The number of hydrogen-bond acceptors (Lipinski definition) is 5. The van der Waals surface area contributed by atoms with E-state index in [1.807, 2.05) is 24.8 Å². The molecule has 1 aliphatic heterocycles. The van der Waals surface area contributed by atoms with Gasteiger partial charge in [0.1, 0.15) is 17.3 Å². The molecule has 0 aromatic carbocycles. The fourth-order valence-corrected chi connectivity index (χ4v) is 2.45. The Bertz CT molecular complexity index is 644. The summed E-state index contributed by atoms with van der Waals surface area (Å²) in [5.41, 5.74) is 1.38. The van der Waals surface area contributed by atoms with Crippen LogP contribution >= 0.6 is 0 Å². The van der Waals surface area contributed by atoms with Crippen LogP contribution in [0, 0.1) is 13.8 Å². The number of nitrogens with one attached hydrogen (secondary N) is 1. The molecule has 0 aliphatic carbocycles. The highest BCUT2D eigenvalue weighted by atomic mass is 16.2. The Labute approximate surface area is 123 Å². The molecule has 2 aromatic heterocycles. The summed E-state index contributed by atoms with van der Waals surface area (Å²) < 4.78 is 0. The first-order valence-corrected chi connectivity index (χ1v) is 6.99. The Kier molecular flexibility index (Phi) is 3.55. The van der Waals surface area contributed by atoms with Gasteiger partial charge in [-0.3, -0.25) is 9.89 Å². The van der Waals surface area contributed by atoms with Crippen molar-refractivity contribution in [2.24, 2.45) is 0 Å². The maximum atomic E-state index is 12.3. The van der Waals surface area contributed by atoms with Crippen LogP contribution in [-0.2, 0) is 0 Å². The van der Waals surface area contributed by atoms with Crippen molar-refractivity contribution in [1.82, 2.24) is 25.1 Å². The molecule has 3 rings (SSSR count). The van der Waals surface area contributed by atoms with Crippen LogP contribution in [-0.4, -0.2) is 57.2 Å². The van der Waals surface area contributed by atoms with E-state index in [2.05, 4.69) is 25.1 Å². The number of carbonyl (C=O) groups is 1. The standard InChI is InChI=1S/C14H18N6O/c1-10-9-12(18-17-10)14(21)20-7-5-19(6-8-20)13-3-4-15-11(2)16-13/h3-4,9H,5-8H2,1-2H3,(H,17,18). The van der Waals surface area contributed by atoms with Crippen molar-refractivity contribution in [3.8, 4) is 0 Å². The van der Waals surface area contributed by atoms with Crippen LogP contribution in [0.4, 0.5) is 5.82 Å². The molecule has 1 saturated heterocycles. The van der Waals surface area contributed by atoms with E-state index in [-0.39, 0.29) is 5.91 Å². The smallest absolute Gasteiger partial charge is 0.274 e. The lowest BCUT2D eigenvalue weighted by atomic mass is 10.2. The number of anilines is 1. The van der Waals surface area contributed by atoms with E-state index in [1.165, 1.54) is 0 Å². The first kappa shape index (κ1) is 13.5. The van der Waals surface area contributed by atoms with Crippen molar-refractivity contribution in [3.05, 3.63) is 35.5 Å². The molecule has 7 heteroatoms.